The third kappa shape index (κ3) is 3.24. The second-order valence-electron chi connectivity index (χ2n) is 4.57. The molecular weight excluding hydrogens is 198 g/mol. The first-order valence-electron chi connectivity index (χ1n) is 6.07. The molecule has 0 bridgehead atoms. The van der Waals surface area contributed by atoms with Gasteiger partial charge in [0.2, 0.25) is 0 Å². The molecule has 0 heterocycles. The monoisotopic (exact) mass is 221 g/mol. The number of nitrogens with zero attached hydrogens (tertiary/aromatic N) is 1. The standard InChI is InChI=1S/C14H23NO/c1-5-6-11(2)15(4)12(3)13-7-9-14(16)10-8-13/h7-12,16H,5-6H2,1-4H3. The molecule has 0 saturated carbocycles. The number of rotatable bonds is 5. The van der Waals surface area contributed by atoms with Gasteiger partial charge in [0.15, 0.2) is 0 Å². The molecule has 0 spiro atoms. The zero-order valence-corrected chi connectivity index (χ0v) is 10.8. The lowest BCUT2D eigenvalue weighted by Crippen LogP contribution is -2.31. The van der Waals surface area contributed by atoms with Gasteiger partial charge >= 0.3 is 0 Å². The summed E-state index contributed by atoms with van der Waals surface area (Å²) >= 11 is 0. The van der Waals surface area contributed by atoms with E-state index in [2.05, 4.69) is 32.7 Å². The van der Waals surface area contributed by atoms with Crippen LogP contribution in [-0.2, 0) is 0 Å². The van der Waals surface area contributed by atoms with Crippen LogP contribution in [0.25, 0.3) is 0 Å². The summed E-state index contributed by atoms with van der Waals surface area (Å²) in [6.07, 6.45) is 2.44. The Kier molecular flexibility index (Phi) is 4.81. The van der Waals surface area contributed by atoms with Crippen LogP contribution in [0, 0.1) is 0 Å². The Morgan fingerprint density at radius 2 is 1.75 bits per heavy atom. The van der Waals surface area contributed by atoms with Gasteiger partial charge in [-0.25, -0.2) is 0 Å². The maximum atomic E-state index is 9.26. The van der Waals surface area contributed by atoms with E-state index in [1.165, 1.54) is 18.4 Å². The van der Waals surface area contributed by atoms with Crippen molar-refractivity contribution in [2.75, 3.05) is 7.05 Å². The van der Waals surface area contributed by atoms with Crippen molar-refractivity contribution in [1.82, 2.24) is 4.90 Å². The molecule has 2 atom stereocenters. The summed E-state index contributed by atoms with van der Waals surface area (Å²) in [5, 5.41) is 9.26. The zero-order chi connectivity index (χ0) is 12.1. The quantitative estimate of drug-likeness (QED) is 0.821. The Morgan fingerprint density at radius 3 is 2.25 bits per heavy atom. The van der Waals surface area contributed by atoms with Gasteiger partial charge in [0.05, 0.1) is 0 Å². The molecule has 1 rings (SSSR count). The SMILES string of the molecule is CCCC(C)N(C)C(C)c1ccc(O)cc1. The van der Waals surface area contributed by atoms with Crippen molar-refractivity contribution in [2.24, 2.45) is 0 Å². The van der Waals surface area contributed by atoms with Gasteiger partial charge in [-0.15, -0.1) is 0 Å². The fourth-order valence-electron chi connectivity index (χ4n) is 1.99. The molecule has 16 heavy (non-hydrogen) atoms. The average molecular weight is 221 g/mol. The minimum atomic E-state index is 0.334. The van der Waals surface area contributed by atoms with E-state index in [9.17, 15) is 5.11 Å². The van der Waals surface area contributed by atoms with E-state index >= 15 is 0 Å². The summed E-state index contributed by atoms with van der Waals surface area (Å²) < 4.78 is 0. The lowest BCUT2D eigenvalue weighted by Gasteiger charge is -2.31. The van der Waals surface area contributed by atoms with Crippen molar-refractivity contribution >= 4 is 0 Å². The van der Waals surface area contributed by atoms with Crippen molar-refractivity contribution in [3.05, 3.63) is 29.8 Å². The fourth-order valence-corrected chi connectivity index (χ4v) is 1.99. The second kappa shape index (κ2) is 5.90. The molecule has 0 aliphatic carbocycles. The third-order valence-corrected chi connectivity index (χ3v) is 3.39. The number of hydrogen-bond donors (Lipinski definition) is 1. The van der Waals surface area contributed by atoms with E-state index in [1.807, 2.05) is 12.1 Å². The summed E-state index contributed by atoms with van der Waals surface area (Å²) in [7, 11) is 2.16. The van der Waals surface area contributed by atoms with Crippen molar-refractivity contribution in [2.45, 2.75) is 45.7 Å². The molecule has 2 heteroatoms. The van der Waals surface area contributed by atoms with Gasteiger partial charge in [-0.1, -0.05) is 25.5 Å². The highest BCUT2D eigenvalue weighted by molar-refractivity contribution is 5.27. The molecule has 0 aliphatic rings. The van der Waals surface area contributed by atoms with Crippen molar-refractivity contribution in [3.63, 3.8) is 0 Å². The molecule has 0 amide bonds. The number of benzene rings is 1. The first-order chi connectivity index (χ1) is 7.56. The lowest BCUT2D eigenvalue weighted by atomic mass is 10.0. The molecule has 1 aromatic carbocycles. The van der Waals surface area contributed by atoms with Crippen LogP contribution in [0.1, 0.15) is 45.2 Å². The van der Waals surface area contributed by atoms with E-state index in [1.54, 1.807) is 12.1 Å². The highest BCUT2D eigenvalue weighted by Gasteiger charge is 2.16. The molecule has 0 aliphatic heterocycles. The van der Waals surface area contributed by atoms with Crippen LogP contribution >= 0.6 is 0 Å². The predicted molar refractivity (Wildman–Crippen MR) is 68.7 cm³/mol. The predicted octanol–water partition coefficient (Wildman–Crippen LogP) is 3.57. The van der Waals surface area contributed by atoms with Gasteiger partial charge in [0, 0.05) is 12.1 Å². The molecular formula is C14H23NO. The molecule has 90 valence electrons. The Labute approximate surface area is 98.9 Å². The summed E-state index contributed by atoms with van der Waals surface area (Å²) in [5.41, 5.74) is 1.25. The molecule has 2 unspecified atom stereocenters. The van der Waals surface area contributed by atoms with Gasteiger partial charge in [0.25, 0.3) is 0 Å². The van der Waals surface area contributed by atoms with E-state index in [0.29, 0.717) is 17.8 Å². The van der Waals surface area contributed by atoms with Crippen LogP contribution in [0.4, 0.5) is 0 Å². The van der Waals surface area contributed by atoms with Crippen LogP contribution in [-0.4, -0.2) is 23.1 Å². The van der Waals surface area contributed by atoms with E-state index in [4.69, 9.17) is 0 Å². The summed E-state index contributed by atoms with van der Waals surface area (Å²) in [6.45, 7) is 6.69. The summed E-state index contributed by atoms with van der Waals surface area (Å²) in [5.74, 6) is 0.334. The van der Waals surface area contributed by atoms with Crippen molar-refractivity contribution < 1.29 is 5.11 Å². The highest BCUT2D eigenvalue weighted by atomic mass is 16.3. The molecule has 0 aromatic heterocycles. The number of phenols is 1. The van der Waals surface area contributed by atoms with Crippen LogP contribution in [0.2, 0.25) is 0 Å². The van der Waals surface area contributed by atoms with E-state index in [0.717, 1.165) is 0 Å². The number of hydrogen-bond acceptors (Lipinski definition) is 2. The number of aromatic hydroxyl groups is 1. The Bertz CT molecular complexity index is 307. The Balaban J connectivity index is 2.69. The molecule has 1 aromatic rings. The molecule has 1 N–H and O–H groups in total. The third-order valence-electron chi connectivity index (χ3n) is 3.39. The first kappa shape index (κ1) is 13.0. The first-order valence-corrected chi connectivity index (χ1v) is 6.07. The summed E-state index contributed by atoms with van der Waals surface area (Å²) in [6, 6.07) is 8.48. The molecule has 0 fully saturated rings. The fraction of sp³-hybridized carbons (Fsp3) is 0.571. The normalized spacial score (nSPS) is 15.1. The van der Waals surface area contributed by atoms with Crippen molar-refractivity contribution in [1.29, 1.82) is 0 Å². The maximum absolute atomic E-state index is 9.26. The second-order valence-corrected chi connectivity index (χ2v) is 4.57. The average Bonchev–Trinajstić information content (AvgIpc) is 2.28. The Hall–Kier alpha value is -1.02. The van der Waals surface area contributed by atoms with Crippen LogP contribution in [0.15, 0.2) is 24.3 Å². The summed E-state index contributed by atoms with van der Waals surface area (Å²) in [4.78, 5) is 2.38. The largest absolute Gasteiger partial charge is 0.508 e. The van der Waals surface area contributed by atoms with Crippen LogP contribution in [0.3, 0.4) is 0 Å². The minimum absolute atomic E-state index is 0.334. The van der Waals surface area contributed by atoms with Crippen molar-refractivity contribution in [3.8, 4) is 5.75 Å². The molecule has 0 saturated heterocycles. The van der Waals surface area contributed by atoms with Crippen LogP contribution < -0.4 is 0 Å². The minimum Gasteiger partial charge on any atom is -0.508 e. The smallest absolute Gasteiger partial charge is 0.115 e. The maximum Gasteiger partial charge on any atom is 0.115 e. The number of phenolic OH excluding ortho intramolecular Hbond substituents is 1. The lowest BCUT2D eigenvalue weighted by molar-refractivity contribution is 0.187. The van der Waals surface area contributed by atoms with Gasteiger partial charge in [0.1, 0.15) is 5.75 Å². The van der Waals surface area contributed by atoms with Gasteiger partial charge in [-0.05, 0) is 45.0 Å². The van der Waals surface area contributed by atoms with Gasteiger partial charge < -0.3 is 5.11 Å². The topological polar surface area (TPSA) is 23.5 Å². The van der Waals surface area contributed by atoms with Gasteiger partial charge in [-0.3, -0.25) is 4.90 Å². The van der Waals surface area contributed by atoms with E-state index < -0.39 is 0 Å². The van der Waals surface area contributed by atoms with Gasteiger partial charge in [-0.2, -0.15) is 0 Å². The molecule has 2 nitrogen and oxygen atoms in total. The van der Waals surface area contributed by atoms with Crippen LogP contribution in [0.5, 0.6) is 5.75 Å². The van der Waals surface area contributed by atoms with E-state index in [-0.39, 0.29) is 0 Å². The Morgan fingerprint density at radius 1 is 1.19 bits per heavy atom. The zero-order valence-electron chi connectivity index (χ0n) is 10.8. The molecule has 0 radical (unpaired) electrons. The highest BCUT2D eigenvalue weighted by Crippen LogP contribution is 2.23.